The number of hydrogen-bond donors (Lipinski definition) is 2. The van der Waals surface area contributed by atoms with Crippen LogP contribution < -0.4 is 15.6 Å². The van der Waals surface area contributed by atoms with Crippen LogP contribution in [-0.4, -0.2) is 18.4 Å². The van der Waals surface area contributed by atoms with E-state index in [0.717, 1.165) is 6.07 Å². The van der Waals surface area contributed by atoms with Crippen LogP contribution in [0.4, 0.5) is 13.2 Å². The summed E-state index contributed by atoms with van der Waals surface area (Å²) in [4.78, 5) is 23.7. The highest BCUT2D eigenvalue weighted by molar-refractivity contribution is 6.00. The van der Waals surface area contributed by atoms with Gasteiger partial charge in [-0.05, 0) is 24.3 Å². The van der Waals surface area contributed by atoms with Gasteiger partial charge in [0, 0.05) is 0 Å². The van der Waals surface area contributed by atoms with E-state index in [0.29, 0.717) is 0 Å². The Morgan fingerprint density at radius 1 is 0.870 bits per heavy atom. The molecule has 0 unspecified atom stereocenters. The summed E-state index contributed by atoms with van der Waals surface area (Å²) in [5.41, 5.74) is 3.53. The molecule has 0 aliphatic heterocycles. The molecule has 0 aliphatic carbocycles. The van der Waals surface area contributed by atoms with Crippen LogP contribution in [0.3, 0.4) is 0 Å². The molecular weight excluding hydrogens is 313 g/mol. The lowest BCUT2D eigenvalue weighted by Gasteiger charge is -2.11. The normalized spacial score (nSPS) is 10.3. The van der Waals surface area contributed by atoms with Gasteiger partial charge in [-0.1, -0.05) is 24.3 Å². The fourth-order valence-corrected chi connectivity index (χ4v) is 1.75. The molecule has 23 heavy (non-hydrogen) atoms. The molecule has 120 valence electrons. The summed E-state index contributed by atoms with van der Waals surface area (Å²) in [5.74, 6) is -2.88. The van der Waals surface area contributed by atoms with Crippen molar-refractivity contribution in [2.75, 3.05) is 0 Å². The van der Waals surface area contributed by atoms with Crippen molar-refractivity contribution in [3.63, 3.8) is 0 Å². The summed E-state index contributed by atoms with van der Waals surface area (Å²) in [7, 11) is 0. The summed E-state index contributed by atoms with van der Waals surface area (Å²) < 4.78 is 42.2. The highest BCUT2D eigenvalue weighted by Crippen LogP contribution is 2.19. The van der Waals surface area contributed by atoms with Gasteiger partial charge in [-0.3, -0.25) is 20.4 Å². The number of benzene rings is 2. The molecular formula is C15H11F3N2O3. The predicted molar refractivity (Wildman–Crippen MR) is 74.4 cm³/mol. The minimum atomic E-state index is -3.10. The first kappa shape index (κ1) is 16.3. The largest absolute Gasteiger partial charge is 0.434 e. The lowest BCUT2D eigenvalue weighted by atomic mass is 10.2. The third-order valence-electron chi connectivity index (χ3n) is 2.76. The molecule has 0 fully saturated rings. The van der Waals surface area contributed by atoms with Gasteiger partial charge in [-0.2, -0.15) is 8.78 Å². The van der Waals surface area contributed by atoms with Crippen LogP contribution in [0.2, 0.25) is 0 Å². The molecule has 2 aromatic rings. The second-order valence-corrected chi connectivity index (χ2v) is 4.26. The van der Waals surface area contributed by atoms with Gasteiger partial charge in [-0.15, -0.1) is 0 Å². The van der Waals surface area contributed by atoms with Crippen LogP contribution in [0.15, 0.2) is 48.5 Å². The molecule has 0 bridgehead atoms. The smallest absolute Gasteiger partial charge is 0.387 e. The van der Waals surface area contributed by atoms with Gasteiger partial charge in [0.05, 0.1) is 11.1 Å². The number of hydrazine groups is 1. The molecule has 0 aliphatic rings. The standard InChI is InChI=1S/C15H11F3N2O3/c16-11-7-3-1-5-9(11)13(21)19-20-14(22)10-6-2-4-8-12(10)23-15(17)18/h1-8,15H,(H,19,21)(H,20,22). The van der Waals surface area contributed by atoms with E-state index in [2.05, 4.69) is 4.74 Å². The number of hydrogen-bond acceptors (Lipinski definition) is 3. The Labute approximate surface area is 129 Å². The van der Waals surface area contributed by atoms with E-state index in [4.69, 9.17) is 0 Å². The van der Waals surface area contributed by atoms with Gasteiger partial charge >= 0.3 is 6.61 Å². The molecule has 0 radical (unpaired) electrons. The number of carbonyl (C=O) groups is 2. The Morgan fingerprint density at radius 2 is 1.39 bits per heavy atom. The molecule has 2 N–H and O–H groups in total. The van der Waals surface area contributed by atoms with Gasteiger partial charge < -0.3 is 4.74 Å². The lowest BCUT2D eigenvalue weighted by molar-refractivity contribution is -0.0501. The second kappa shape index (κ2) is 7.30. The van der Waals surface area contributed by atoms with E-state index in [1.807, 2.05) is 10.9 Å². The maximum Gasteiger partial charge on any atom is 0.387 e. The maximum atomic E-state index is 13.4. The van der Waals surface area contributed by atoms with E-state index < -0.39 is 24.2 Å². The van der Waals surface area contributed by atoms with Crippen molar-refractivity contribution in [1.82, 2.24) is 10.9 Å². The van der Waals surface area contributed by atoms with Crippen molar-refractivity contribution in [1.29, 1.82) is 0 Å². The zero-order valence-corrected chi connectivity index (χ0v) is 11.6. The van der Waals surface area contributed by atoms with Gasteiger partial charge in [0.1, 0.15) is 11.6 Å². The quantitative estimate of drug-likeness (QED) is 0.849. The number of ether oxygens (including phenoxy) is 1. The number of rotatable bonds is 4. The zero-order chi connectivity index (χ0) is 16.8. The fraction of sp³-hybridized carbons (Fsp3) is 0.0667. The first-order valence-electron chi connectivity index (χ1n) is 6.38. The summed E-state index contributed by atoms with van der Waals surface area (Å²) in [5, 5.41) is 0. The van der Waals surface area contributed by atoms with Crippen LogP contribution in [-0.2, 0) is 0 Å². The summed E-state index contributed by atoms with van der Waals surface area (Å²) in [6.45, 7) is -3.10. The van der Waals surface area contributed by atoms with E-state index >= 15 is 0 Å². The monoisotopic (exact) mass is 324 g/mol. The van der Waals surface area contributed by atoms with Crippen molar-refractivity contribution < 1.29 is 27.5 Å². The second-order valence-electron chi connectivity index (χ2n) is 4.26. The Hall–Kier alpha value is -3.03. The third-order valence-corrected chi connectivity index (χ3v) is 2.76. The minimum Gasteiger partial charge on any atom is -0.434 e. The number of para-hydroxylation sites is 1. The van der Waals surface area contributed by atoms with Crippen molar-refractivity contribution in [2.24, 2.45) is 0 Å². The molecule has 0 saturated carbocycles. The van der Waals surface area contributed by atoms with E-state index in [1.54, 1.807) is 0 Å². The van der Waals surface area contributed by atoms with Crippen molar-refractivity contribution in [3.05, 3.63) is 65.5 Å². The van der Waals surface area contributed by atoms with Crippen LogP contribution in [0, 0.1) is 5.82 Å². The minimum absolute atomic E-state index is 0.207. The van der Waals surface area contributed by atoms with E-state index in [1.165, 1.54) is 42.5 Å². The fourth-order valence-electron chi connectivity index (χ4n) is 1.75. The highest BCUT2D eigenvalue weighted by atomic mass is 19.3. The number of alkyl halides is 2. The van der Waals surface area contributed by atoms with Crippen molar-refractivity contribution in [2.45, 2.75) is 6.61 Å². The van der Waals surface area contributed by atoms with Gasteiger partial charge in [0.25, 0.3) is 11.8 Å². The first-order valence-corrected chi connectivity index (χ1v) is 6.38. The molecule has 0 aromatic heterocycles. The van der Waals surface area contributed by atoms with Crippen molar-refractivity contribution in [3.8, 4) is 5.75 Å². The molecule has 2 rings (SSSR count). The Balaban J connectivity index is 2.06. The molecule has 5 nitrogen and oxygen atoms in total. The molecule has 2 amide bonds. The van der Waals surface area contributed by atoms with E-state index in [9.17, 15) is 22.8 Å². The summed E-state index contributed by atoms with van der Waals surface area (Å²) in [6.07, 6.45) is 0. The Kier molecular flexibility index (Phi) is 5.19. The van der Waals surface area contributed by atoms with Crippen LogP contribution in [0.25, 0.3) is 0 Å². The van der Waals surface area contributed by atoms with Crippen LogP contribution in [0.5, 0.6) is 5.75 Å². The Morgan fingerprint density at radius 3 is 2.00 bits per heavy atom. The van der Waals surface area contributed by atoms with Gasteiger partial charge in [0.15, 0.2) is 0 Å². The third kappa shape index (κ3) is 4.22. The summed E-state index contributed by atoms with van der Waals surface area (Å²) >= 11 is 0. The summed E-state index contributed by atoms with van der Waals surface area (Å²) in [6, 6.07) is 10.4. The van der Waals surface area contributed by atoms with Crippen LogP contribution >= 0.6 is 0 Å². The molecule has 0 spiro atoms. The predicted octanol–water partition coefficient (Wildman–Crippen LogP) is 2.50. The molecule has 0 atom stereocenters. The molecule has 2 aromatic carbocycles. The Bertz CT molecular complexity index is 723. The number of carbonyl (C=O) groups excluding carboxylic acids is 2. The van der Waals surface area contributed by atoms with E-state index in [-0.39, 0.29) is 16.9 Å². The first-order chi connectivity index (χ1) is 11.0. The molecule has 0 saturated heterocycles. The van der Waals surface area contributed by atoms with Gasteiger partial charge in [-0.25, -0.2) is 4.39 Å². The SMILES string of the molecule is O=C(NNC(=O)c1ccccc1OC(F)F)c1ccccc1F. The molecule has 8 heteroatoms. The average molecular weight is 324 g/mol. The number of nitrogens with one attached hydrogen (secondary N) is 2. The van der Waals surface area contributed by atoms with Crippen LogP contribution in [0.1, 0.15) is 20.7 Å². The molecule has 0 heterocycles. The number of halogens is 3. The van der Waals surface area contributed by atoms with Crippen molar-refractivity contribution >= 4 is 11.8 Å². The van der Waals surface area contributed by atoms with Gasteiger partial charge in [0.2, 0.25) is 0 Å². The highest BCUT2D eigenvalue weighted by Gasteiger charge is 2.17. The lowest BCUT2D eigenvalue weighted by Crippen LogP contribution is -2.42. The zero-order valence-electron chi connectivity index (χ0n) is 11.6. The average Bonchev–Trinajstić information content (AvgIpc) is 2.52. The topological polar surface area (TPSA) is 67.4 Å². The maximum absolute atomic E-state index is 13.4. The number of amides is 2.